The van der Waals surface area contributed by atoms with Crippen LogP contribution in [0.25, 0.3) is 0 Å². The van der Waals surface area contributed by atoms with Crippen molar-refractivity contribution < 1.29 is 4.79 Å². The molecule has 20 heavy (non-hydrogen) atoms. The Morgan fingerprint density at radius 3 is 2.90 bits per heavy atom. The van der Waals surface area contributed by atoms with Gasteiger partial charge in [0, 0.05) is 11.9 Å². The first-order valence-electron chi connectivity index (χ1n) is 7.33. The van der Waals surface area contributed by atoms with Crippen LogP contribution in [0.3, 0.4) is 0 Å². The molecule has 2 N–H and O–H groups in total. The number of anilines is 1. The highest BCUT2D eigenvalue weighted by molar-refractivity contribution is 7.13. The monoisotopic (exact) mass is 296 g/mol. The van der Waals surface area contributed by atoms with E-state index < -0.39 is 0 Å². The van der Waals surface area contributed by atoms with Crippen molar-refractivity contribution in [1.82, 2.24) is 15.2 Å². The summed E-state index contributed by atoms with van der Waals surface area (Å²) in [4.78, 5) is 18.3. The van der Waals surface area contributed by atoms with E-state index in [1.54, 1.807) is 0 Å². The van der Waals surface area contributed by atoms with Gasteiger partial charge in [-0.05, 0) is 51.7 Å². The Hall–Kier alpha value is -1.14. The molecule has 1 aliphatic heterocycles. The lowest BCUT2D eigenvalue weighted by Gasteiger charge is -2.30. The summed E-state index contributed by atoms with van der Waals surface area (Å²) < 4.78 is 0. The number of likely N-dealkylation sites (tertiary alicyclic amines) is 1. The van der Waals surface area contributed by atoms with E-state index in [9.17, 15) is 4.79 Å². The summed E-state index contributed by atoms with van der Waals surface area (Å²) in [6, 6.07) is -0.161. The van der Waals surface area contributed by atoms with E-state index in [0.717, 1.165) is 24.6 Å². The van der Waals surface area contributed by atoms with Gasteiger partial charge >= 0.3 is 6.03 Å². The van der Waals surface area contributed by atoms with Crippen LogP contribution in [0.15, 0.2) is 5.38 Å². The molecule has 0 aliphatic carbocycles. The summed E-state index contributed by atoms with van der Waals surface area (Å²) in [6.45, 7) is 8.42. The van der Waals surface area contributed by atoms with Crippen LogP contribution in [0.5, 0.6) is 0 Å². The predicted octanol–water partition coefficient (Wildman–Crippen LogP) is 2.70. The fraction of sp³-hybridized carbons (Fsp3) is 0.714. The maximum Gasteiger partial charge on any atom is 0.321 e. The average Bonchev–Trinajstić information content (AvgIpc) is 2.82. The second kappa shape index (κ2) is 7.59. The number of nitrogens with one attached hydrogen (secondary N) is 2. The molecule has 2 heterocycles. The maximum absolute atomic E-state index is 11.6. The fourth-order valence-electron chi connectivity index (χ4n) is 2.34. The van der Waals surface area contributed by atoms with Gasteiger partial charge in [-0.2, -0.15) is 0 Å². The number of amides is 2. The van der Waals surface area contributed by atoms with Crippen molar-refractivity contribution in [3.05, 3.63) is 11.1 Å². The summed E-state index contributed by atoms with van der Waals surface area (Å²) in [6.07, 6.45) is 3.60. The maximum atomic E-state index is 11.6. The zero-order valence-corrected chi connectivity index (χ0v) is 13.1. The molecule has 0 atom stereocenters. The number of hydrogen-bond donors (Lipinski definition) is 2. The van der Waals surface area contributed by atoms with Crippen molar-refractivity contribution in [3.63, 3.8) is 0 Å². The van der Waals surface area contributed by atoms with E-state index in [2.05, 4.69) is 27.4 Å². The summed E-state index contributed by atoms with van der Waals surface area (Å²) in [5, 5.41) is 8.21. The van der Waals surface area contributed by atoms with Gasteiger partial charge in [-0.1, -0.05) is 6.92 Å². The summed E-state index contributed by atoms with van der Waals surface area (Å²) >= 11 is 1.45. The van der Waals surface area contributed by atoms with Crippen molar-refractivity contribution in [2.75, 3.05) is 31.5 Å². The number of carbonyl (C=O) groups is 1. The lowest BCUT2D eigenvalue weighted by Crippen LogP contribution is -2.36. The van der Waals surface area contributed by atoms with E-state index >= 15 is 0 Å². The van der Waals surface area contributed by atoms with Gasteiger partial charge in [-0.15, -0.1) is 11.3 Å². The smallest absolute Gasteiger partial charge is 0.321 e. The topological polar surface area (TPSA) is 57.3 Å². The highest BCUT2D eigenvalue weighted by atomic mass is 32.1. The molecule has 0 radical (unpaired) electrons. The zero-order valence-electron chi connectivity index (χ0n) is 12.3. The molecule has 1 saturated heterocycles. The molecule has 6 heteroatoms. The van der Waals surface area contributed by atoms with Crippen molar-refractivity contribution in [1.29, 1.82) is 0 Å². The summed E-state index contributed by atoms with van der Waals surface area (Å²) in [5.74, 6) is 0.872. The minimum Gasteiger partial charge on any atom is -0.338 e. The Bertz CT molecular complexity index is 427. The Labute approximate surface area is 124 Å². The van der Waals surface area contributed by atoms with Crippen molar-refractivity contribution in [2.24, 2.45) is 5.92 Å². The van der Waals surface area contributed by atoms with Crippen LogP contribution >= 0.6 is 11.3 Å². The van der Waals surface area contributed by atoms with Gasteiger partial charge in [-0.3, -0.25) is 5.32 Å². The third kappa shape index (κ3) is 5.09. The number of carbonyl (C=O) groups excluding carboxylic acids is 1. The van der Waals surface area contributed by atoms with Gasteiger partial charge in [-0.25, -0.2) is 9.78 Å². The average molecular weight is 296 g/mol. The first-order chi connectivity index (χ1) is 9.63. The van der Waals surface area contributed by atoms with Gasteiger partial charge in [0.15, 0.2) is 5.13 Å². The SMILES string of the molecule is Cc1csc(NC(=O)NCCCN2CCC(C)CC2)n1. The Balaban J connectivity index is 1.55. The molecule has 0 saturated carbocycles. The lowest BCUT2D eigenvalue weighted by atomic mass is 9.99. The quantitative estimate of drug-likeness (QED) is 0.821. The van der Waals surface area contributed by atoms with Gasteiger partial charge in [0.05, 0.1) is 5.69 Å². The fourth-order valence-corrected chi connectivity index (χ4v) is 3.03. The molecule has 5 nitrogen and oxygen atoms in total. The van der Waals surface area contributed by atoms with Crippen LogP contribution < -0.4 is 10.6 Å². The van der Waals surface area contributed by atoms with Crippen LogP contribution in [0.4, 0.5) is 9.93 Å². The molecule has 1 aromatic rings. The van der Waals surface area contributed by atoms with E-state index in [4.69, 9.17) is 0 Å². The first kappa shape index (κ1) is 15.3. The number of aromatic nitrogens is 1. The number of thiazole rings is 1. The van der Waals surface area contributed by atoms with Crippen molar-refractivity contribution in [3.8, 4) is 0 Å². The normalized spacial score (nSPS) is 17.1. The minimum absolute atomic E-state index is 0.161. The Morgan fingerprint density at radius 2 is 2.25 bits per heavy atom. The standard InChI is InChI=1S/C14H24N4OS/c1-11-4-8-18(9-5-11)7-3-6-15-13(19)17-14-16-12(2)10-20-14/h10-11H,3-9H2,1-2H3,(H2,15,16,17,19). The third-order valence-electron chi connectivity index (χ3n) is 3.65. The van der Waals surface area contributed by atoms with Crippen molar-refractivity contribution >= 4 is 22.5 Å². The Morgan fingerprint density at radius 1 is 1.50 bits per heavy atom. The molecule has 2 rings (SSSR count). The van der Waals surface area contributed by atoms with Crippen LogP contribution in [-0.4, -0.2) is 42.1 Å². The highest BCUT2D eigenvalue weighted by Crippen LogP contribution is 2.16. The van der Waals surface area contributed by atoms with Crippen LogP contribution in [0, 0.1) is 12.8 Å². The van der Waals surface area contributed by atoms with Crippen molar-refractivity contribution in [2.45, 2.75) is 33.1 Å². The van der Waals surface area contributed by atoms with Gasteiger partial charge in [0.1, 0.15) is 0 Å². The number of aryl methyl sites for hydroxylation is 1. The first-order valence-corrected chi connectivity index (χ1v) is 8.21. The molecule has 0 bridgehead atoms. The third-order valence-corrected chi connectivity index (χ3v) is 4.53. The zero-order chi connectivity index (χ0) is 14.4. The molecular weight excluding hydrogens is 272 g/mol. The lowest BCUT2D eigenvalue weighted by molar-refractivity contribution is 0.190. The predicted molar refractivity (Wildman–Crippen MR) is 83.3 cm³/mol. The molecule has 0 spiro atoms. The second-order valence-electron chi connectivity index (χ2n) is 5.55. The van der Waals surface area contributed by atoms with E-state index in [-0.39, 0.29) is 6.03 Å². The summed E-state index contributed by atoms with van der Waals surface area (Å²) in [5.41, 5.74) is 0.935. The summed E-state index contributed by atoms with van der Waals surface area (Å²) in [7, 11) is 0. The Kier molecular flexibility index (Phi) is 5.79. The number of piperidine rings is 1. The van der Waals surface area contributed by atoms with Crippen LogP contribution in [-0.2, 0) is 0 Å². The number of hydrogen-bond acceptors (Lipinski definition) is 4. The molecule has 0 aromatic carbocycles. The van der Waals surface area contributed by atoms with E-state index in [1.165, 1.54) is 37.3 Å². The van der Waals surface area contributed by atoms with Crippen LogP contribution in [0.1, 0.15) is 31.9 Å². The highest BCUT2D eigenvalue weighted by Gasteiger charge is 2.14. The molecule has 2 amide bonds. The van der Waals surface area contributed by atoms with Gasteiger partial charge in [0.25, 0.3) is 0 Å². The molecule has 1 aromatic heterocycles. The number of nitrogens with zero attached hydrogens (tertiary/aromatic N) is 2. The van der Waals surface area contributed by atoms with Gasteiger partial charge < -0.3 is 10.2 Å². The van der Waals surface area contributed by atoms with E-state index in [1.807, 2.05) is 12.3 Å². The number of urea groups is 1. The molecule has 1 aliphatic rings. The molecular formula is C14H24N4OS. The number of rotatable bonds is 5. The second-order valence-corrected chi connectivity index (χ2v) is 6.41. The largest absolute Gasteiger partial charge is 0.338 e. The minimum atomic E-state index is -0.161. The van der Waals surface area contributed by atoms with Crippen LogP contribution in [0.2, 0.25) is 0 Å². The molecule has 0 unspecified atom stereocenters. The van der Waals surface area contributed by atoms with E-state index in [0.29, 0.717) is 11.7 Å². The van der Waals surface area contributed by atoms with Gasteiger partial charge in [0.2, 0.25) is 0 Å². The molecule has 112 valence electrons. The molecule has 1 fully saturated rings.